The van der Waals surface area contributed by atoms with Gasteiger partial charge in [0.2, 0.25) is 0 Å². The molecule has 0 saturated heterocycles. The van der Waals surface area contributed by atoms with Crippen molar-refractivity contribution in [2.45, 2.75) is 19.9 Å². The lowest BCUT2D eigenvalue weighted by molar-refractivity contribution is 0.0922. The molecule has 0 saturated carbocycles. The summed E-state index contributed by atoms with van der Waals surface area (Å²) in [4.78, 5) is 25.1. The fraction of sp³-hybridized carbons (Fsp3) is 0.263. The maximum Gasteiger partial charge on any atom is 0.251 e. The molecule has 0 aliphatic rings. The predicted molar refractivity (Wildman–Crippen MR) is 100 cm³/mol. The number of nitrogens with zero attached hydrogens (tertiary/aromatic N) is 4. The van der Waals surface area contributed by atoms with Gasteiger partial charge in [0.05, 0.1) is 11.7 Å². The average Bonchev–Trinajstić information content (AvgIpc) is 3.05. The highest BCUT2D eigenvalue weighted by Crippen LogP contribution is 2.22. The van der Waals surface area contributed by atoms with Crippen LogP contribution in [0.15, 0.2) is 49.1 Å². The van der Waals surface area contributed by atoms with Crippen LogP contribution in [0, 0.1) is 5.92 Å². The number of rotatable bonds is 5. The largest absolute Gasteiger partial charge is 0.384 e. The first-order chi connectivity index (χ1) is 12.5. The average molecular weight is 350 g/mol. The standard InChI is InChI=1S/C19H22N6O/c1-12(2)17(18-21-8-9-25(18)3)24-19(26)14-6-4-13(5-7-14)15-10-16(20)23-11-22-15/h4-12,17H,1-3H3,(H,24,26)(H2,20,22,23). The number of aromatic nitrogens is 4. The Hall–Kier alpha value is -3.22. The van der Waals surface area contributed by atoms with Gasteiger partial charge in [-0.15, -0.1) is 0 Å². The van der Waals surface area contributed by atoms with Gasteiger partial charge in [0.1, 0.15) is 18.0 Å². The summed E-state index contributed by atoms with van der Waals surface area (Å²) < 4.78 is 1.92. The van der Waals surface area contributed by atoms with Gasteiger partial charge in [0, 0.05) is 36.6 Å². The Bertz CT molecular complexity index is 900. The van der Waals surface area contributed by atoms with Crippen molar-refractivity contribution in [3.8, 4) is 11.3 Å². The van der Waals surface area contributed by atoms with Crippen molar-refractivity contribution in [2.75, 3.05) is 5.73 Å². The summed E-state index contributed by atoms with van der Waals surface area (Å²) in [5.41, 5.74) is 7.87. The molecule has 3 N–H and O–H groups in total. The molecule has 1 aromatic carbocycles. The second-order valence-electron chi connectivity index (χ2n) is 6.50. The van der Waals surface area contributed by atoms with Gasteiger partial charge in [-0.05, 0) is 18.1 Å². The molecule has 2 heterocycles. The van der Waals surface area contributed by atoms with E-state index in [-0.39, 0.29) is 17.9 Å². The minimum Gasteiger partial charge on any atom is -0.384 e. The molecule has 1 unspecified atom stereocenters. The number of nitrogen functional groups attached to an aromatic ring is 1. The highest BCUT2D eigenvalue weighted by atomic mass is 16.1. The lowest BCUT2D eigenvalue weighted by Crippen LogP contribution is -2.33. The fourth-order valence-corrected chi connectivity index (χ4v) is 2.75. The van der Waals surface area contributed by atoms with E-state index in [1.807, 2.05) is 29.9 Å². The first kappa shape index (κ1) is 17.6. The van der Waals surface area contributed by atoms with Crippen molar-refractivity contribution in [1.29, 1.82) is 0 Å². The van der Waals surface area contributed by atoms with Crippen molar-refractivity contribution in [1.82, 2.24) is 24.8 Å². The summed E-state index contributed by atoms with van der Waals surface area (Å²) in [6.07, 6.45) is 5.03. The van der Waals surface area contributed by atoms with Crippen molar-refractivity contribution in [3.63, 3.8) is 0 Å². The molecule has 0 fully saturated rings. The van der Waals surface area contributed by atoms with Crippen LogP contribution < -0.4 is 11.1 Å². The maximum atomic E-state index is 12.7. The molecule has 0 spiro atoms. The van der Waals surface area contributed by atoms with Gasteiger partial charge in [-0.1, -0.05) is 26.0 Å². The van der Waals surface area contributed by atoms with E-state index in [0.717, 1.165) is 17.1 Å². The number of carbonyl (C=O) groups excluding carboxylic acids is 1. The first-order valence-electron chi connectivity index (χ1n) is 8.41. The van der Waals surface area contributed by atoms with Gasteiger partial charge in [0.25, 0.3) is 5.91 Å². The molecule has 134 valence electrons. The highest BCUT2D eigenvalue weighted by molar-refractivity contribution is 5.94. The van der Waals surface area contributed by atoms with Crippen LogP contribution in [-0.4, -0.2) is 25.4 Å². The number of carbonyl (C=O) groups is 1. The highest BCUT2D eigenvalue weighted by Gasteiger charge is 2.22. The second kappa shape index (κ2) is 7.35. The minimum absolute atomic E-state index is 0.138. The van der Waals surface area contributed by atoms with Crippen LogP contribution >= 0.6 is 0 Å². The second-order valence-corrected chi connectivity index (χ2v) is 6.50. The number of nitrogens with one attached hydrogen (secondary N) is 1. The molecule has 0 aliphatic heterocycles. The van der Waals surface area contributed by atoms with Gasteiger partial charge in [-0.25, -0.2) is 15.0 Å². The van der Waals surface area contributed by atoms with E-state index >= 15 is 0 Å². The Balaban J connectivity index is 1.78. The molecule has 2 aromatic heterocycles. The zero-order valence-electron chi connectivity index (χ0n) is 15.0. The number of benzene rings is 1. The fourth-order valence-electron chi connectivity index (χ4n) is 2.75. The molecule has 26 heavy (non-hydrogen) atoms. The van der Waals surface area contributed by atoms with Crippen LogP contribution in [0.1, 0.15) is 36.1 Å². The van der Waals surface area contributed by atoms with Crippen molar-refractivity contribution < 1.29 is 4.79 Å². The molecular weight excluding hydrogens is 328 g/mol. The topological polar surface area (TPSA) is 98.7 Å². The van der Waals surface area contributed by atoms with E-state index in [1.165, 1.54) is 6.33 Å². The monoisotopic (exact) mass is 350 g/mol. The van der Waals surface area contributed by atoms with Crippen LogP contribution in [0.2, 0.25) is 0 Å². The molecule has 3 rings (SSSR count). The number of hydrogen-bond acceptors (Lipinski definition) is 5. The Morgan fingerprint density at radius 2 is 1.88 bits per heavy atom. The predicted octanol–water partition coefficient (Wildman–Crippen LogP) is 2.59. The normalized spacial score (nSPS) is 12.2. The van der Waals surface area contributed by atoms with Gasteiger partial charge >= 0.3 is 0 Å². The molecule has 0 radical (unpaired) electrons. The molecule has 0 bridgehead atoms. The van der Waals surface area contributed by atoms with Crippen LogP contribution in [0.4, 0.5) is 5.82 Å². The van der Waals surface area contributed by atoms with Crippen molar-refractivity contribution >= 4 is 11.7 Å². The van der Waals surface area contributed by atoms with Gasteiger partial charge in [-0.2, -0.15) is 0 Å². The van der Waals surface area contributed by atoms with Crippen LogP contribution in [0.5, 0.6) is 0 Å². The lowest BCUT2D eigenvalue weighted by Gasteiger charge is -2.22. The summed E-state index contributed by atoms with van der Waals surface area (Å²) in [5.74, 6) is 1.32. The number of hydrogen-bond donors (Lipinski definition) is 2. The summed E-state index contributed by atoms with van der Waals surface area (Å²) in [6.45, 7) is 4.12. The smallest absolute Gasteiger partial charge is 0.251 e. The van der Waals surface area contributed by atoms with E-state index in [9.17, 15) is 4.79 Å². The molecule has 0 aliphatic carbocycles. The summed E-state index contributed by atoms with van der Waals surface area (Å²) in [7, 11) is 1.92. The number of amides is 1. The van der Waals surface area contributed by atoms with Gasteiger partial charge in [-0.3, -0.25) is 4.79 Å². The van der Waals surface area contributed by atoms with E-state index in [2.05, 4.69) is 34.1 Å². The third kappa shape index (κ3) is 3.72. The maximum absolute atomic E-state index is 12.7. The number of nitrogens with two attached hydrogens (primary N) is 1. The molecule has 1 atom stereocenters. The Morgan fingerprint density at radius 1 is 1.15 bits per heavy atom. The third-order valence-electron chi connectivity index (χ3n) is 4.22. The Morgan fingerprint density at radius 3 is 2.46 bits per heavy atom. The van der Waals surface area contributed by atoms with Crippen LogP contribution in [0.25, 0.3) is 11.3 Å². The van der Waals surface area contributed by atoms with Crippen molar-refractivity contribution in [2.24, 2.45) is 13.0 Å². The molecule has 3 aromatic rings. The van der Waals surface area contributed by atoms with E-state index < -0.39 is 0 Å². The van der Waals surface area contributed by atoms with Crippen LogP contribution in [0.3, 0.4) is 0 Å². The quantitative estimate of drug-likeness (QED) is 0.737. The number of anilines is 1. The van der Waals surface area contributed by atoms with E-state index in [4.69, 9.17) is 5.73 Å². The van der Waals surface area contributed by atoms with Gasteiger partial charge < -0.3 is 15.6 Å². The molecular formula is C19H22N6O. The van der Waals surface area contributed by atoms with E-state index in [0.29, 0.717) is 11.4 Å². The number of aryl methyl sites for hydroxylation is 1. The zero-order valence-corrected chi connectivity index (χ0v) is 15.0. The lowest BCUT2D eigenvalue weighted by atomic mass is 10.0. The van der Waals surface area contributed by atoms with Crippen molar-refractivity contribution in [3.05, 3.63) is 60.4 Å². The zero-order chi connectivity index (χ0) is 18.7. The van der Waals surface area contributed by atoms with Gasteiger partial charge in [0.15, 0.2) is 0 Å². The van der Waals surface area contributed by atoms with Crippen LogP contribution in [-0.2, 0) is 7.05 Å². The van der Waals surface area contributed by atoms with E-state index in [1.54, 1.807) is 24.4 Å². The molecule has 7 heteroatoms. The molecule has 7 nitrogen and oxygen atoms in total. The Labute approximate surface area is 152 Å². The third-order valence-corrected chi connectivity index (χ3v) is 4.22. The number of imidazole rings is 1. The SMILES string of the molecule is CC(C)C(NC(=O)c1ccc(-c2cc(N)ncn2)cc1)c1nccn1C. The minimum atomic E-state index is -0.163. The Kier molecular flexibility index (Phi) is 4.97. The summed E-state index contributed by atoms with van der Waals surface area (Å²) >= 11 is 0. The summed E-state index contributed by atoms with van der Waals surface area (Å²) in [5, 5.41) is 3.08. The first-order valence-corrected chi connectivity index (χ1v) is 8.41. The summed E-state index contributed by atoms with van der Waals surface area (Å²) in [6, 6.07) is 8.79. The molecule has 1 amide bonds.